The number of ether oxygens (including phenoxy) is 3. The van der Waals surface area contributed by atoms with Gasteiger partial charge < -0.3 is 19.9 Å². The standard InChI is InChI=1S/C16H18ClNO3/c1-19-14-4-3-5-15(20-2)16(14)21-10-12-7-6-11(9-18)8-13(12)17/h3-8H,9-10,18H2,1-2H3. The summed E-state index contributed by atoms with van der Waals surface area (Å²) in [5.74, 6) is 1.79. The van der Waals surface area contributed by atoms with Crippen molar-refractivity contribution in [2.24, 2.45) is 5.73 Å². The van der Waals surface area contributed by atoms with Crippen LogP contribution < -0.4 is 19.9 Å². The van der Waals surface area contributed by atoms with Gasteiger partial charge >= 0.3 is 0 Å². The van der Waals surface area contributed by atoms with Crippen LogP contribution in [-0.4, -0.2) is 14.2 Å². The molecular formula is C16H18ClNO3. The molecule has 0 spiro atoms. The van der Waals surface area contributed by atoms with Crippen molar-refractivity contribution >= 4 is 11.6 Å². The number of rotatable bonds is 6. The summed E-state index contributed by atoms with van der Waals surface area (Å²) in [5, 5.41) is 0.631. The normalized spacial score (nSPS) is 10.3. The zero-order chi connectivity index (χ0) is 15.2. The van der Waals surface area contributed by atoms with E-state index in [9.17, 15) is 0 Å². The summed E-state index contributed by atoms with van der Waals surface area (Å²) in [6, 6.07) is 11.2. The smallest absolute Gasteiger partial charge is 0.203 e. The molecule has 0 radical (unpaired) electrons. The zero-order valence-electron chi connectivity index (χ0n) is 12.1. The van der Waals surface area contributed by atoms with Crippen molar-refractivity contribution in [3.05, 3.63) is 52.5 Å². The minimum atomic E-state index is 0.320. The highest BCUT2D eigenvalue weighted by atomic mass is 35.5. The molecule has 112 valence electrons. The van der Waals surface area contributed by atoms with Crippen molar-refractivity contribution < 1.29 is 14.2 Å². The van der Waals surface area contributed by atoms with Gasteiger partial charge in [0.05, 0.1) is 14.2 Å². The van der Waals surface area contributed by atoms with Crippen LogP contribution in [0.25, 0.3) is 0 Å². The van der Waals surface area contributed by atoms with Gasteiger partial charge in [-0.25, -0.2) is 0 Å². The molecule has 0 bridgehead atoms. The minimum absolute atomic E-state index is 0.320. The van der Waals surface area contributed by atoms with Crippen molar-refractivity contribution in [3.8, 4) is 17.2 Å². The van der Waals surface area contributed by atoms with Crippen LogP contribution in [0.15, 0.2) is 36.4 Å². The maximum absolute atomic E-state index is 6.22. The van der Waals surface area contributed by atoms with Crippen molar-refractivity contribution in [2.45, 2.75) is 13.2 Å². The van der Waals surface area contributed by atoms with Crippen LogP contribution in [-0.2, 0) is 13.2 Å². The van der Waals surface area contributed by atoms with Gasteiger partial charge in [0, 0.05) is 17.1 Å². The van der Waals surface area contributed by atoms with E-state index in [1.54, 1.807) is 14.2 Å². The third kappa shape index (κ3) is 3.60. The SMILES string of the molecule is COc1cccc(OC)c1OCc1ccc(CN)cc1Cl. The first-order chi connectivity index (χ1) is 10.2. The highest BCUT2D eigenvalue weighted by molar-refractivity contribution is 6.31. The maximum atomic E-state index is 6.22. The van der Waals surface area contributed by atoms with Crippen LogP contribution in [0, 0.1) is 0 Å². The van der Waals surface area contributed by atoms with E-state index >= 15 is 0 Å². The Labute approximate surface area is 129 Å². The fourth-order valence-corrected chi connectivity index (χ4v) is 2.20. The van der Waals surface area contributed by atoms with Crippen LogP contribution in [0.3, 0.4) is 0 Å². The summed E-state index contributed by atoms with van der Waals surface area (Å²) in [7, 11) is 3.18. The molecule has 0 saturated heterocycles. The molecular weight excluding hydrogens is 290 g/mol. The monoisotopic (exact) mass is 307 g/mol. The lowest BCUT2D eigenvalue weighted by Gasteiger charge is -2.14. The Hall–Kier alpha value is -1.91. The lowest BCUT2D eigenvalue weighted by Crippen LogP contribution is -2.02. The minimum Gasteiger partial charge on any atom is -0.493 e. The maximum Gasteiger partial charge on any atom is 0.203 e. The summed E-state index contributed by atoms with van der Waals surface area (Å²) in [5.41, 5.74) is 7.45. The van der Waals surface area contributed by atoms with E-state index < -0.39 is 0 Å². The number of hydrogen-bond donors (Lipinski definition) is 1. The molecule has 4 nitrogen and oxygen atoms in total. The summed E-state index contributed by atoms with van der Waals surface area (Å²) in [6.07, 6.45) is 0. The Morgan fingerprint density at radius 2 is 1.71 bits per heavy atom. The van der Waals surface area contributed by atoms with Crippen molar-refractivity contribution in [1.82, 2.24) is 0 Å². The molecule has 0 unspecified atom stereocenters. The first kappa shape index (κ1) is 15.5. The highest BCUT2D eigenvalue weighted by Crippen LogP contribution is 2.37. The van der Waals surface area contributed by atoms with E-state index in [0.717, 1.165) is 11.1 Å². The molecule has 2 rings (SSSR count). The quantitative estimate of drug-likeness (QED) is 0.888. The molecule has 2 N–H and O–H groups in total. The van der Waals surface area contributed by atoms with E-state index in [4.69, 9.17) is 31.5 Å². The fraction of sp³-hybridized carbons (Fsp3) is 0.250. The van der Waals surface area contributed by atoms with Gasteiger partial charge in [-0.15, -0.1) is 0 Å². The fourth-order valence-electron chi connectivity index (χ4n) is 1.94. The Morgan fingerprint density at radius 1 is 1.05 bits per heavy atom. The van der Waals surface area contributed by atoms with Gasteiger partial charge in [0.1, 0.15) is 6.61 Å². The molecule has 0 fully saturated rings. The first-order valence-corrected chi connectivity index (χ1v) is 6.88. The van der Waals surface area contributed by atoms with Gasteiger partial charge in [-0.3, -0.25) is 0 Å². The molecule has 0 aliphatic rings. The topological polar surface area (TPSA) is 53.7 Å². The molecule has 0 aromatic heterocycles. The third-order valence-electron chi connectivity index (χ3n) is 3.11. The summed E-state index contributed by atoms with van der Waals surface area (Å²) < 4.78 is 16.4. The van der Waals surface area contributed by atoms with Crippen molar-refractivity contribution in [1.29, 1.82) is 0 Å². The van der Waals surface area contributed by atoms with Gasteiger partial charge in [-0.2, -0.15) is 0 Å². The number of nitrogens with two attached hydrogens (primary N) is 1. The van der Waals surface area contributed by atoms with E-state index in [0.29, 0.717) is 35.4 Å². The predicted octanol–water partition coefficient (Wildman–Crippen LogP) is 3.39. The van der Waals surface area contributed by atoms with Gasteiger partial charge in [0.2, 0.25) is 5.75 Å². The molecule has 0 amide bonds. The van der Waals surface area contributed by atoms with Crippen molar-refractivity contribution in [2.75, 3.05) is 14.2 Å². The number of benzene rings is 2. The molecule has 0 saturated carbocycles. The number of para-hydroxylation sites is 1. The van der Waals surface area contributed by atoms with Crippen LogP contribution in [0.4, 0.5) is 0 Å². The molecule has 5 heteroatoms. The second kappa shape index (κ2) is 7.20. The Morgan fingerprint density at radius 3 is 2.24 bits per heavy atom. The zero-order valence-corrected chi connectivity index (χ0v) is 12.8. The van der Waals surface area contributed by atoms with E-state index in [2.05, 4.69) is 0 Å². The molecule has 2 aromatic carbocycles. The van der Waals surface area contributed by atoms with Crippen LogP contribution in [0.1, 0.15) is 11.1 Å². The molecule has 0 aliphatic carbocycles. The third-order valence-corrected chi connectivity index (χ3v) is 3.46. The molecule has 0 heterocycles. The summed E-state index contributed by atoms with van der Waals surface area (Å²) in [6.45, 7) is 0.779. The second-order valence-electron chi connectivity index (χ2n) is 4.41. The molecule has 0 atom stereocenters. The first-order valence-electron chi connectivity index (χ1n) is 6.50. The molecule has 2 aromatic rings. The van der Waals surface area contributed by atoms with Gasteiger partial charge in [-0.05, 0) is 23.8 Å². The van der Waals surface area contributed by atoms with E-state index in [1.165, 1.54) is 0 Å². The van der Waals surface area contributed by atoms with Crippen LogP contribution in [0.2, 0.25) is 5.02 Å². The predicted molar refractivity (Wildman–Crippen MR) is 83.2 cm³/mol. The Balaban J connectivity index is 2.20. The molecule has 0 aliphatic heterocycles. The van der Waals surface area contributed by atoms with E-state index in [1.807, 2.05) is 36.4 Å². The van der Waals surface area contributed by atoms with Crippen molar-refractivity contribution in [3.63, 3.8) is 0 Å². The van der Waals surface area contributed by atoms with Gasteiger partial charge in [0.15, 0.2) is 11.5 Å². The summed E-state index contributed by atoms with van der Waals surface area (Å²) >= 11 is 6.22. The second-order valence-corrected chi connectivity index (χ2v) is 4.82. The largest absolute Gasteiger partial charge is 0.493 e. The van der Waals surface area contributed by atoms with E-state index in [-0.39, 0.29) is 0 Å². The number of halogens is 1. The average Bonchev–Trinajstić information content (AvgIpc) is 2.53. The van der Waals surface area contributed by atoms with Crippen LogP contribution >= 0.6 is 11.6 Å². The number of hydrogen-bond acceptors (Lipinski definition) is 4. The lowest BCUT2D eigenvalue weighted by molar-refractivity contribution is 0.266. The highest BCUT2D eigenvalue weighted by Gasteiger charge is 2.12. The molecule has 21 heavy (non-hydrogen) atoms. The Kier molecular flexibility index (Phi) is 5.31. The average molecular weight is 308 g/mol. The Bertz CT molecular complexity index is 594. The summed E-state index contributed by atoms with van der Waals surface area (Å²) in [4.78, 5) is 0. The number of methoxy groups -OCH3 is 2. The van der Waals surface area contributed by atoms with Crippen LogP contribution in [0.5, 0.6) is 17.2 Å². The lowest BCUT2D eigenvalue weighted by atomic mass is 10.1. The van der Waals surface area contributed by atoms with Gasteiger partial charge in [0.25, 0.3) is 0 Å². The van der Waals surface area contributed by atoms with Gasteiger partial charge in [-0.1, -0.05) is 29.8 Å².